The minimum Gasteiger partial charge on any atom is -0.392 e. The lowest BCUT2D eigenvalue weighted by molar-refractivity contribution is 0.281. The molecule has 0 radical (unpaired) electrons. The smallest absolute Gasteiger partial charge is 0.240 e. The molecule has 0 amide bonds. The van der Waals surface area contributed by atoms with Gasteiger partial charge in [-0.2, -0.15) is 0 Å². The standard InChI is InChI=1S/C12H16N4O3S/c17-10-11-3-1-4-12(9-11)20(18,19)14-5-2-7-16-8-6-13-15-16/h1,3-4,6,8-9,14,17H,2,5,7,10H2. The highest BCUT2D eigenvalue weighted by atomic mass is 32.2. The van der Waals surface area contributed by atoms with Gasteiger partial charge in [0.2, 0.25) is 10.0 Å². The van der Waals surface area contributed by atoms with Crippen LogP contribution in [0.15, 0.2) is 41.6 Å². The minimum absolute atomic E-state index is 0.157. The molecule has 20 heavy (non-hydrogen) atoms. The Bertz CT molecular complexity index is 640. The molecule has 1 aromatic heterocycles. The monoisotopic (exact) mass is 296 g/mol. The Balaban J connectivity index is 1.90. The summed E-state index contributed by atoms with van der Waals surface area (Å²) in [5.41, 5.74) is 0.565. The van der Waals surface area contributed by atoms with Crippen molar-refractivity contribution in [1.82, 2.24) is 19.7 Å². The minimum atomic E-state index is -3.54. The summed E-state index contributed by atoms with van der Waals surface area (Å²) in [6.07, 6.45) is 3.91. The molecule has 0 atom stereocenters. The van der Waals surface area contributed by atoms with E-state index in [9.17, 15) is 8.42 Å². The first kappa shape index (κ1) is 14.6. The molecular formula is C12H16N4O3S. The zero-order chi connectivity index (χ0) is 14.4. The second-order valence-corrected chi connectivity index (χ2v) is 5.99. The van der Waals surface area contributed by atoms with Crippen LogP contribution in [-0.4, -0.2) is 35.1 Å². The van der Waals surface area contributed by atoms with Crippen LogP contribution in [0.1, 0.15) is 12.0 Å². The molecule has 0 unspecified atom stereocenters. The second kappa shape index (κ2) is 6.60. The van der Waals surface area contributed by atoms with Gasteiger partial charge in [-0.25, -0.2) is 13.1 Å². The fraction of sp³-hybridized carbons (Fsp3) is 0.333. The van der Waals surface area contributed by atoms with Crippen LogP contribution < -0.4 is 4.72 Å². The van der Waals surface area contributed by atoms with Crippen molar-refractivity contribution >= 4 is 10.0 Å². The van der Waals surface area contributed by atoms with Gasteiger partial charge < -0.3 is 5.11 Å². The molecule has 108 valence electrons. The third-order valence-electron chi connectivity index (χ3n) is 2.72. The Morgan fingerprint density at radius 1 is 1.35 bits per heavy atom. The maximum Gasteiger partial charge on any atom is 0.240 e. The van der Waals surface area contributed by atoms with Crippen molar-refractivity contribution in [3.8, 4) is 0 Å². The van der Waals surface area contributed by atoms with Crippen LogP contribution in [0.4, 0.5) is 0 Å². The third kappa shape index (κ3) is 3.86. The van der Waals surface area contributed by atoms with E-state index in [0.29, 0.717) is 25.1 Å². The van der Waals surface area contributed by atoms with Crippen molar-refractivity contribution in [2.45, 2.75) is 24.5 Å². The Morgan fingerprint density at radius 3 is 2.90 bits per heavy atom. The highest BCUT2D eigenvalue weighted by Crippen LogP contribution is 2.11. The molecule has 2 aromatic rings. The van der Waals surface area contributed by atoms with Crippen LogP contribution in [0, 0.1) is 0 Å². The van der Waals surface area contributed by atoms with Gasteiger partial charge in [0.25, 0.3) is 0 Å². The van der Waals surface area contributed by atoms with E-state index in [1.165, 1.54) is 12.1 Å². The van der Waals surface area contributed by atoms with Gasteiger partial charge in [-0.15, -0.1) is 5.10 Å². The van der Waals surface area contributed by atoms with Crippen LogP contribution >= 0.6 is 0 Å². The molecule has 1 heterocycles. The number of sulfonamides is 1. The maximum absolute atomic E-state index is 12.0. The number of benzene rings is 1. The van der Waals surface area contributed by atoms with E-state index in [4.69, 9.17) is 5.11 Å². The molecule has 7 nitrogen and oxygen atoms in total. The number of nitrogens with zero attached hydrogens (tertiary/aromatic N) is 3. The van der Waals surface area contributed by atoms with Gasteiger partial charge >= 0.3 is 0 Å². The van der Waals surface area contributed by atoms with Gasteiger partial charge in [0.15, 0.2) is 0 Å². The van der Waals surface area contributed by atoms with Crippen LogP contribution in [0.5, 0.6) is 0 Å². The number of aliphatic hydroxyl groups excluding tert-OH is 1. The SMILES string of the molecule is O=S(=O)(NCCCn1ccnn1)c1cccc(CO)c1. The lowest BCUT2D eigenvalue weighted by Gasteiger charge is -2.07. The number of nitrogens with one attached hydrogen (secondary N) is 1. The summed E-state index contributed by atoms with van der Waals surface area (Å²) in [4.78, 5) is 0.157. The third-order valence-corrected chi connectivity index (χ3v) is 4.18. The number of aryl methyl sites for hydroxylation is 1. The van der Waals surface area contributed by atoms with E-state index in [1.54, 1.807) is 29.2 Å². The number of rotatable bonds is 7. The predicted molar refractivity (Wildman–Crippen MR) is 72.2 cm³/mol. The van der Waals surface area contributed by atoms with Gasteiger partial charge in [-0.05, 0) is 24.1 Å². The molecule has 0 saturated heterocycles. The van der Waals surface area contributed by atoms with Crippen molar-refractivity contribution < 1.29 is 13.5 Å². The summed E-state index contributed by atoms with van der Waals surface area (Å²) in [6.45, 7) is 0.723. The second-order valence-electron chi connectivity index (χ2n) is 4.22. The van der Waals surface area contributed by atoms with Gasteiger partial charge in [0, 0.05) is 19.3 Å². The van der Waals surface area contributed by atoms with Crippen LogP contribution in [0.2, 0.25) is 0 Å². The van der Waals surface area contributed by atoms with Crippen LogP contribution in [0.25, 0.3) is 0 Å². The van der Waals surface area contributed by atoms with Gasteiger partial charge in [0.05, 0.1) is 17.7 Å². The summed E-state index contributed by atoms with van der Waals surface area (Å²) >= 11 is 0. The molecule has 0 bridgehead atoms. The molecular weight excluding hydrogens is 280 g/mol. The fourth-order valence-corrected chi connectivity index (χ4v) is 2.84. The average molecular weight is 296 g/mol. The Morgan fingerprint density at radius 2 is 2.20 bits per heavy atom. The summed E-state index contributed by atoms with van der Waals surface area (Å²) in [5, 5.41) is 16.5. The highest BCUT2D eigenvalue weighted by molar-refractivity contribution is 7.89. The first-order valence-electron chi connectivity index (χ1n) is 6.15. The van der Waals surface area contributed by atoms with E-state index in [0.717, 1.165) is 0 Å². The fourth-order valence-electron chi connectivity index (χ4n) is 1.69. The Kier molecular flexibility index (Phi) is 4.83. The zero-order valence-corrected chi connectivity index (χ0v) is 11.6. The number of hydrogen-bond donors (Lipinski definition) is 2. The average Bonchev–Trinajstić information content (AvgIpc) is 2.97. The Labute approximate surface area is 117 Å². The Hall–Kier alpha value is -1.77. The molecule has 0 fully saturated rings. The molecule has 0 saturated carbocycles. The molecule has 8 heteroatoms. The quantitative estimate of drug-likeness (QED) is 0.708. The summed E-state index contributed by atoms with van der Waals surface area (Å²) in [7, 11) is -3.54. The summed E-state index contributed by atoms with van der Waals surface area (Å²) < 4.78 is 28.2. The molecule has 2 rings (SSSR count). The summed E-state index contributed by atoms with van der Waals surface area (Å²) in [6, 6.07) is 6.23. The lowest BCUT2D eigenvalue weighted by Crippen LogP contribution is -2.25. The largest absolute Gasteiger partial charge is 0.392 e. The molecule has 0 aliphatic rings. The molecule has 0 aliphatic heterocycles. The summed E-state index contributed by atoms with van der Waals surface area (Å²) in [5.74, 6) is 0. The van der Waals surface area contributed by atoms with E-state index in [1.807, 2.05) is 0 Å². The first-order chi connectivity index (χ1) is 9.62. The molecule has 0 spiro atoms. The molecule has 0 aliphatic carbocycles. The molecule has 1 aromatic carbocycles. The maximum atomic E-state index is 12.0. The van der Waals surface area contributed by atoms with Crippen LogP contribution in [0.3, 0.4) is 0 Å². The molecule has 2 N–H and O–H groups in total. The topological polar surface area (TPSA) is 97.1 Å². The van der Waals surface area contributed by atoms with Crippen molar-refractivity contribution in [2.75, 3.05) is 6.54 Å². The van der Waals surface area contributed by atoms with Gasteiger partial charge in [-0.3, -0.25) is 4.68 Å². The number of aromatic nitrogens is 3. The van der Waals surface area contributed by atoms with Crippen molar-refractivity contribution in [3.63, 3.8) is 0 Å². The zero-order valence-electron chi connectivity index (χ0n) is 10.8. The predicted octanol–water partition coefficient (Wildman–Crippen LogP) is 0.139. The van der Waals surface area contributed by atoms with Crippen LogP contribution in [-0.2, 0) is 23.2 Å². The highest BCUT2D eigenvalue weighted by Gasteiger charge is 2.13. The number of hydrogen-bond acceptors (Lipinski definition) is 5. The lowest BCUT2D eigenvalue weighted by atomic mass is 10.2. The number of aliphatic hydroxyl groups is 1. The van der Waals surface area contributed by atoms with E-state index in [-0.39, 0.29) is 11.5 Å². The van der Waals surface area contributed by atoms with Crippen molar-refractivity contribution in [1.29, 1.82) is 0 Å². The van der Waals surface area contributed by atoms with Gasteiger partial charge in [-0.1, -0.05) is 17.3 Å². The van der Waals surface area contributed by atoms with Crippen molar-refractivity contribution in [3.05, 3.63) is 42.2 Å². The van der Waals surface area contributed by atoms with E-state index in [2.05, 4.69) is 15.0 Å². The van der Waals surface area contributed by atoms with E-state index >= 15 is 0 Å². The van der Waals surface area contributed by atoms with Crippen molar-refractivity contribution in [2.24, 2.45) is 0 Å². The normalized spacial score (nSPS) is 11.7. The first-order valence-corrected chi connectivity index (χ1v) is 7.64. The van der Waals surface area contributed by atoms with Gasteiger partial charge in [0.1, 0.15) is 0 Å². The van der Waals surface area contributed by atoms with E-state index < -0.39 is 10.0 Å².